The summed E-state index contributed by atoms with van der Waals surface area (Å²) in [5.74, 6) is -1.52. The quantitative estimate of drug-likeness (QED) is 0.340. The van der Waals surface area contributed by atoms with Crippen molar-refractivity contribution in [2.45, 2.75) is 28.3 Å². The van der Waals surface area contributed by atoms with Crippen LogP contribution in [0.4, 0.5) is 11.4 Å². The number of fused-ring (bicyclic) bond motifs is 1. The SMILES string of the molecule is O=C1C2ON(c3ccc(Cl)cc3)C(C3(c4ccccc4)CC3(Cl)Cl)C2C(=O)N1c1ccccc1. The lowest BCUT2D eigenvalue weighted by atomic mass is 9.79. The lowest BCUT2D eigenvalue weighted by Gasteiger charge is -2.35. The zero-order valence-corrected chi connectivity index (χ0v) is 20.0. The Morgan fingerprint density at radius 1 is 0.794 bits per heavy atom. The van der Waals surface area contributed by atoms with Gasteiger partial charge in [-0.15, -0.1) is 23.2 Å². The number of benzene rings is 3. The van der Waals surface area contributed by atoms with Crippen LogP contribution in [0.3, 0.4) is 0 Å². The highest BCUT2D eigenvalue weighted by molar-refractivity contribution is 6.52. The largest absolute Gasteiger partial charge is 0.273 e. The number of carbonyl (C=O) groups is 2. The minimum atomic E-state index is -1.13. The van der Waals surface area contributed by atoms with Crippen LogP contribution in [0.15, 0.2) is 84.9 Å². The van der Waals surface area contributed by atoms with Gasteiger partial charge in [-0.3, -0.25) is 14.4 Å². The van der Waals surface area contributed by atoms with Gasteiger partial charge in [0.2, 0.25) is 5.91 Å². The smallest absolute Gasteiger partial charge is 0.266 e. The molecule has 8 heteroatoms. The molecule has 4 atom stereocenters. The lowest BCUT2D eigenvalue weighted by molar-refractivity contribution is -0.126. The molecule has 6 rings (SSSR count). The summed E-state index contributed by atoms with van der Waals surface area (Å²) in [6, 6.07) is 25.0. The Bertz CT molecular complexity index is 1270. The number of hydroxylamine groups is 1. The van der Waals surface area contributed by atoms with E-state index in [0.29, 0.717) is 22.8 Å². The molecule has 172 valence electrons. The van der Waals surface area contributed by atoms with E-state index in [4.69, 9.17) is 39.6 Å². The van der Waals surface area contributed by atoms with E-state index in [1.807, 2.05) is 36.4 Å². The molecule has 1 saturated carbocycles. The van der Waals surface area contributed by atoms with E-state index in [2.05, 4.69) is 0 Å². The molecule has 0 N–H and O–H groups in total. The van der Waals surface area contributed by atoms with Crippen LogP contribution in [-0.2, 0) is 19.8 Å². The first kappa shape index (κ1) is 21.9. The van der Waals surface area contributed by atoms with E-state index in [1.54, 1.807) is 53.6 Å². The molecule has 3 aliphatic rings. The van der Waals surface area contributed by atoms with E-state index >= 15 is 0 Å². The minimum absolute atomic E-state index is 0.325. The van der Waals surface area contributed by atoms with E-state index in [0.717, 1.165) is 5.56 Å². The molecule has 5 nitrogen and oxygen atoms in total. The fourth-order valence-electron chi connectivity index (χ4n) is 5.41. The van der Waals surface area contributed by atoms with Gasteiger partial charge in [0, 0.05) is 5.02 Å². The van der Waals surface area contributed by atoms with Gasteiger partial charge < -0.3 is 0 Å². The van der Waals surface area contributed by atoms with Gasteiger partial charge in [0.25, 0.3) is 5.91 Å². The van der Waals surface area contributed by atoms with Crippen LogP contribution in [0.2, 0.25) is 5.02 Å². The Kier molecular flexibility index (Phi) is 4.98. The maximum Gasteiger partial charge on any atom is 0.266 e. The molecule has 2 amide bonds. The molecule has 3 aromatic carbocycles. The predicted molar refractivity (Wildman–Crippen MR) is 132 cm³/mol. The molecule has 0 bridgehead atoms. The van der Waals surface area contributed by atoms with Crippen LogP contribution < -0.4 is 9.96 Å². The predicted octanol–water partition coefficient (Wildman–Crippen LogP) is 5.53. The molecule has 3 aromatic rings. The van der Waals surface area contributed by atoms with Crippen molar-refractivity contribution in [3.05, 3.63) is 95.5 Å². The number of carbonyl (C=O) groups excluding carboxylic acids is 2. The summed E-state index contributed by atoms with van der Waals surface area (Å²) in [4.78, 5) is 34.8. The van der Waals surface area contributed by atoms with Crippen molar-refractivity contribution >= 4 is 58.0 Å². The number of para-hydroxylation sites is 1. The first-order chi connectivity index (χ1) is 16.3. The number of hydrogen-bond acceptors (Lipinski definition) is 4. The Labute approximate surface area is 211 Å². The second-order valence-corrected chi connectivity index (χ2v) is 10.8. The molecule has 2 aliphatic heterocycles. The van der Waals surface area contributed by atoms with Crippen molar-refractivity contribution in [3.63, 3.8) is 0 Å². The number of alkyl halides is 2. The summed E-state index contributed by atoms with van der Waals surface area (Å²) in [5.41, 5.74) is 1.26. The van der Waals surface area contributed by atoms with Crippen LogP contribution in [0.25, 0.3) is 0 Å². The fourth-order valence-corrected chi connectivity index (χ4v) is 6.40. The summed E-state index contributed by atoms with van der Waals surface area (Å²) in [7, 11) is 0. The lowest BCUT2D eigenvalue weighted by Crippen LogP contribution is -2.49. The summed E-state index contributed by atoms with van der Waals surface area (Å²) in [6.07, 6.45) is -0.569. The second-order valence-electron chi connectivity index (χ2n) is 8.86. The fraction of sp³-hybridized carbons (Fsp3) is 0.231. The molecule has 0 aromatic heterocycles. The van der Waals surface area contributed by atoms with Gasteiger partial charge in [0.05, 0.1) is 22.8 Å². The third-order valence-electron chi connectivity index (χ3n) is 7.03. The van der Waals surface area contributed by atoms with E-state index in [9.17, 15) is 9.59 Å². The van der Waals surface area contributed by atoms with Crippen molar-refractivity contribution in [1.29, 1.82) is 0 Å². The summed E-state index contributed by atoms with van der Waals surface area (Å²) >= 11 is 19.8. The summed E-state index contributed by atoms with van der Waals surface area (Å²) in [6.45, 7) is 0. The Morgan fingerprint density at radius 2 is 1.38 bits per heavy atom. The number of nitrogens with zero attached hydrogens (tertiary/aromatic N) is 2. The third kappa shape index (κ3) is 3.04. The first-order valence-electron chi connectivity index (χ1n) is 10.9. The average molecular weight is 514 g/mol. The standard InChI is InChI=1S/C26H19Cl3N2O3/c27-17-11-13-19(14-12-17)31-22(25(15-26(25,28)29)16-7-3-1-4-8-16)20-21(34-31)24(33)30(23(20)32)18-9-5-2-6-10-18/h1-14,20-22H,15H2. The molecule has 2 saturated heterocycles. The van der Waals surface area contributed by atoms with Gasteiger partial charge >= 0.3 is 0 Å². The van der Waals surface area contributed by atoms with Crippen LogP contribution in [0, 0.1) is 5.92 Å². The summed E-state index contributed by atoms with van der Waals surface area (Å²) in [5, 5.41) is 2.21. The number of rotatable bonds is 4. The molecule has 1 aliphatic carbocycles. The Balaban J connectivity index is 1.50. The van der Waals surface area contributed by atoms with Gasteiger partial charge in [-0.1, -0.05) is 60.1 Å². The molecule has 4 unspecified atom stereocenters. The molecule has 34 heavy (non-hydrogen) atoms. The number of halogens is 3. The zero-order valence-electron chi connectivity index (χ0n) is 17.8. The monoisotopic (exact) mass is 512 g/mol. The Morgan fingerprint density at radius 3 is 1.97 bits per heavy atom. The first-order valence-corrected chi connectivity index (χ1v) is 12.1. The molecular formula is C26H19Cl3N2O3. The van der Waals surface area contributed by atoms with Crippen LogP contribution in [-0.4, -0.2) is 28.3 Å². The zero-order chi connectivity index (χ0) is 23.7. The topological polar surface area (TPSA) is 49.9 Å². The second kappa shape index (κ2) is 7.72. The van der Waals surface area contributed by atoms with Crippen LogP contribution in [0.1, 0.15) is 12.0 Å². The Hall–Kier alpha value is -2.57. The highest BCUT2D eigenvalue weighted by Gasteiger charge is 2.78. The molecule has 3 fully saturated rings. The normalized spacial score (nSPS) is 29.4. The third-order valence-corrected chi connectivity index (χ3v) is 8.23. The van der Waals surface area contributed by atoms with Crippen molar-refractivity contribution in [3.8, 4) is 0 Å². The van der Waals surface area contributed by atoms with Crippen LogP contribution in [0.5, 0.6) is 0 Å². The van der Waals surface area contributed by atoms with Gasteiger partial charge in [-0.2, -0.15) is 0 Å². The van der Waals surface area contributed by atoms with Gasteiger partial charge in [0.15, 0.2) is 6.10 Å². The van der Waals surface area contributed by atoms with E-state index in [1.165, 1.54) is 4.90 Å². The van der Waals surface area contributed by atoms with Crippen molar-refractivity contribution in [2.75, 3.05) is 9.96 Å². The van der Waals surface area contributed by atoms with E-state index < -0.39 is 33.7 Å². The highest BCUT2D eigenvalue weighted by Crippen LogP contribution is 2.70. The molecular weight excluding hydrogens is 495 g/mol. The van der Waals surface area contributed by atoms with Crippen molar-refractivity contribution in [1.82, 2.24) is 0 Å². The average Bonchev–Trinajstić information content (AvgIpc) is 3.12. The van der Waals surface area contributed by atoms with Gasteiger partial charge in [-0.05, 0) is 48.4 Å². The number of hydrogen-bond donors (Lipinski definition) is 0. The van der Waals surface area contributed by atoms with Gasteiger partial charge in [-0.25, -0.2) is 9.96 Å². The minimum Gasteiger partial charge on any atom is -0.273 e. The van der Waals surface area contributed by atoms with Crippen molar-refractivity contribution in [2.24, 2.45) is 5.92 Å². The number of imide groups is 1. The maximum absolute atomic E-state index is 13.8. The molecule has 2 heterocycles. The van der Waals surface area contributed by atoms with Crippen molar-refractivity contribution < 1.29 is 14.4 Å². The maximum atomic E-state index is 13.8. The highest BCUT2D eigenvalue weighted by atomic mass is 35.5. The molecule has 0 spiro atoms. The molecule has 0 radical (unpaired) electrons. The summed E-state index contributed by atoms with van der Waals surface area (Å²) < 4.78 is -1.13. The van der Waals surface area contributed by atoms with Crippen LogP contribution >= 0.6 is 34.8 Å². The van der Waals surface area contributed by atoms with E-state index in [-0.39, 0.29) is 5.91 Å². The van der Waals surface area contributed by atoms with Gasteiger partial charge in [0.1, 0.15) is 10.3 Å². The number of anilines is 2. The number of amides is 2.